The topological polar surface area (TPSA) is 90.5 Å². The van der Waals surface area contributed by atoms with Gasteiger partial charge in [-0.25, -0.2) is 4.79 Å². The van der Waals surface area contributed by atoms with E-state index < -0.39 is 12.0 Å². The molecule has 0 saturated carbocycles. The lowest BCUT2D eigenvalue weighted by Gasteiger charge is -2.34. The number of carbonyl (C=O) groups excluding carboxylic acids is 2. The highest BCUT2D eigenvalue weighted by Crippen LogP contribution is 2.32. The smallest absolute Gasteiger partial charge is 0.331 e. The van der Waals surface area contributed by atoms with Crippen molar-refractivity contribution in [3.63, 3.8) is 0 Å². The third kappa shape index (κ3) is 2.81. The fourth-order valence-electron chi connectivity index (χ4n) is 3.88. The van der Waals surface area contributed by atoms with E-state index in [4.69, 9.17) is 0 Å². The fraction of sp³-hybridized carbons (Fsp3) is 0.350. The molecular formula is C20H22N2O4. The van der Waals surface area contributed by atoms with Gasteiger partial charge < -0.3 is 15.0 Å². The molecule has 1 atom stereocenters. The molecule has 6 nitrogen and oxygen atoms in total. The molecule has 3 rings (SSSR count). The molecule has 1 aliphatic rings. The Kier molecular flexibility index (Phi) is 4.68. The number of nitrogens with one attached hydrogen (secondary N) is 1. The molecule has 1 aromatic carbocycles. The zero-order valence-corrected chi connectivity index (χ0v) is 15.1. The van der Waals surface area contributed by atoms with E-state index in [2.05, 4.69) is 4.98 Å². The lowest BCUT2D eigenvalue weighted by atomic mass is 9.92. The van der Waals surface area contributed by atoms with Crippen LogP contribution in [0.3, 0.4) is 0 Å². The average Bonchev–Trinajstić information content (AvgIpc) is 2.96. The number of aryl methyl sites for hydroxylation is 1. The molecule has 0 aliphatic carbocycles. The first-order valence-corrected chi connectivity index (χ1v) is 8.70. The predicted molar refractivity (Wildman–Crippen MR) is 96.5 cm³/mol. The molecule has 0 spiro atoms. The lowest BCUT2D eigenvalue weighted by Crippen LogP contribution is -2.44. The lowest BCUT2D eigenvalue weighted by molar-refractivity contribution is -0.143. The van der Waals surface area contributed by atoms with Crippen LogP contribution in [0.2, 0.25) is 0 Å². The van der Waals surface area contributed by atoms with Gasteiger partial charge in [0.15, 0.2) is 11.8 Å². The molecule has 1 amide bonds. The highest BCUT2D eigenvalue weighted by Gasteiger charge is 2.37. The zero-order valence-electron chi connectivity index (χ0n) is 15.1. The second kappa shape index (κ2) is 6.78. The van der Waals surface area contributed by atoms with E-state index in [1.165, 1.54) is 11.8 Å². The van der Waals surface area contributed by atoms with Gasteiger partial charge in [-0.05, 0) is 43.4 Å². The van der Waals surface area contributed by atoms with Crippen molar-refractivity contribution in [2.45, 2.75) is 39.7 Å². The number of aromatic amines is 1. The minimum atomic E-state index is -1.06. The van der Waals surface area contributed by atoms with E-state index in [-0.39, 0.29) is 11.7 Å². The highest BCUT2D eigenvalue weighted by atomic mass is 16.4. The monoisotopic (exact) mass is 354 g/mol. The van der Waals surface area contributed by atoms with Crippen molar-refractivity contribution < 1.29 is 19.5 Å². The van der Waals surface area contributed by atoms with Gasteiger partial charge >= 0.3 is 5.97 Å². The minimum absolute atomic E-state index is 0.103. The van der Waals surface area contributed by atoms with Crippen molar-refractivity contribution in [3.8, 4) is 0 Å². The number of H-pyrrole nitrogens is 1. The Labute approximate surface area is 151 Å². The van der Waals surface area contributed by atoms with Crippen molar-refractivity contribution >= 4 is 17.7 Å². The van der Waals surface area contributed by atoms with Gasteiger partial charge in [-0.1, -0.05) is 31.2 Å². The Balaban J connectivity index is 2.07. The van der Waals surface area contributed by atoms with Crippen LogP contribution in [0.15, 0.2) is 24.3 Å². The second-order valence-electron chi connectivity index (χ2n) is 6.58. The van der Waals surface area contributed by atoms with Gasteiger partial charge in [0.1, 0.15) is 5.69 Å². The number of hydrogen-bond acceptors (Lipinski definition) is 3. The van der Waals surface area contributed by atoms with Gasteiger partial charge in [-0.3, -0.25) is 9.59 Å². The van der Waals surface area contributed by atoms with E-state index in [1.807, 2.05) is 19.1 Å². The number of aliphatic carboxylic acids is 1. The van der Waals surface area contributed by atoms with E-state index in [9.17, 15) is 19.5 Å². The molecule has 0 fully saturated rings. The second-order valence-corrected chi connectivity index (χ2v) is 6.58. The van der Waals surface area contributed by atoms with Crippen molar-refractivity contribution in [1.82, 2.24) is 9.88 Å². The number of nitrogens with zero attached hydrogens (tertiary/aromatic N) is 1. The Hall–Kier alpha value is -2.89. The number of carbonyl (C=O) groups is 3. The van der Waals surface area contributed by atoms with Gasteiger partial charge in [0.2, 0.25) is 0 Å². The first kappa shape index (κ1) is 17.9. The molecular weight excluding hydrogens is 332 g/mol. The molecule has 0 saturated heterocycles. The van der Waals surface area contributed by atoms with Crippen LogP contribution in [0.1, 0.15) is 63.1 Å². The number of ketones is 1. The van der Waals surface area contributed by atoms with Crippen LogP contribution in [-0.2, 0) is 17.6 Å². The number of hydrogen-bond donors (Lipinski definition) is 2. The quantitative estimate of drug-likeness (QED) is 0.826. The first-order chi connectivity index (χ1) is 12.4. The Morgan fingerprint density at radius 1 is 1.27 bits per heavy atom. The van der Waals surface area contributed by atoms with Crippen molar-refractivity contribution in [3.05, 3.63) is 57.9 Å². The number of rotatable bonds is 4. The summed E-state index contributed by atoms with van der Waals surface area (Å²) in [6.07, 6.45) is 1.12. The summed E-state index contributed by atoms with van der Waals surface area (Å²) in [5, 5.41) is 9.77. The van der Waals surface area contributed by atoms with E-state index >= 15 is 0 Å². The third-order valence-corrected chi connectivity index (χ3v) is 4.99. The maximum atomic E-state index is 13.2. The summed E-state index contributed by atoms with van der Waals surface area (Å²) in [5.74, 6) is -1.54. The van der Waals surface area contributed by atoms with Crippen LogP contribution < -0.4 is 0 Å². The molecule has 136 valence electrons. The minimum Gasteiger partial charge on any atom is -0.479 e. The number of Topliss-reactive ketones (excluding diaryl/α,β-unsaturated/α-hetero) is 1. The summed E-state index contributed by atoms with van der Waals surface area (Å²) in [6, 6.07) is 6.29. The van der Waals surface area contributed by atoms with Crippen molar-refractivity contribution in [2.75, 3.05) is 6.54 Å². The first-order valence-electron chi connectivity index (χ1n) is 8.70. The van der Waals surface area contributed by atoms with Gasteiger partial charge in [-0.15, -0.1) is 0 Å². The summed E-state index contributed by atoms with van der Waals surface area (Å²) >= 11 is 0. The maximum Gasteiger partial charge on any atom is 0.331 e. The fourth-order valence-corrected chi connectivity index (χ4v) is 3.88. The van der Waals surface area contributed by atoms with Gasteiger partial charge in [0, 0.05) is 17.8 Å². The normalized spacial score (nSPS) is 16.3. The Morgan fingerprint density at radius 3 is 2.58 bits per heavy atom. The molecule has 0 radical (unpaired) electrons. The summed E-state index contributed by atoms with van der Waals surface area (Å²) in [5.41, 5.74) is 3.74. The van der Waals surface area contributed by atoms with Crippen molar-refractivity contribution in [2.24, 2.45) is 0 Å². The summed E-state index contributed by atoms with van der Waals surface area (Å²) < 4.78 is 0. The van der Waals surface area contributed by atoms with Crippen LogP contribution >= 0.6 is 0 Å². The summed E-state index contributed by atoms with van der Waals surface area (Å²) in [7, 11) is 0. The molecule has 1 aliphatic heterocycles. The third-order valence-electron chi connectivity index (χ3n) is 4.99. The van der Waals surface area contributed by atoms with Gasteiger partial charge in [0.05, 0.1) is 0 Å². The number of carboxylic acid groups (broad SMARTS) is 1. The molecule has 1 unspecified atom stereocenters. The van der Waals surface area contributed by atoms with E-state index in [1.54, 1.807) is 19.1 Å². The predicted octanol–water partition coefficient (Wildman–Crippen LogP) is 2.91. The van der Waals surface area contributed by atoms with E-state index in [0.29, 0.717) is 47.5 Å². The standard InChI is InChI=1S/C20H22N2O4/c1-4-14-16(12(3)23)11(2)21-17(14)19(24)22-10-9-13-7-5-6-8-15(13)18(22)20(25)26/h5-8,18,21H,4,9-10H2,1-3H3,(H,25,26). The van der Waals surface area contributed by atoms with Crippen LogP contribution in [0.4, 0.5) is 0 Å². The number of carboxylic acids is 1. The van der Waals surface area contributed by atoms with Crippen molar-refractivity contribution in [1.29, 1.82) is 0 Å². The Bertz CT molecular complexity index is 897. The molecule has 6 heteroatoms. The summed E-state index contributed by atoms with van der Waals surface area (Å²) in [4.78, 5) is 41.5. The van der Waals surface area contributed by atoms with Crippen LogP contribution in [0, 0.1) is 6.92 Å². The largest absolute Gasteiger partial charge is 0.479 e. The van der Waals surface area contributed by atoms with Crippen LogP contribution in [0.5, 0.6) is 0 Å². The molecule has 1 aromatic heterocycles. The summed E-state index contributed by atoms with van der Waals surface area (Å²) in [6.45, 7) is 5.43. The Morgan fingerprint density at radius 2 is 1.96 bits per heavy atom. The number of aromatic nitrogens is 1. The molecule has 2 aromatic rings. The van der Waals surface area contributed by atoms with Crippen LogP contribution in [0.25, 0.3) is 0 Å². The number of benzene rings is 1. The zero-order chi connectivity index (χ0) is 19.0. The SMILES string of the molecule is CCc1c(C(=O)N2CCc3ccccc3C2C(=O)O)[nH]c(C)c1C(C)=O. The average molecular weight is 354 g/mol. The number of fused-ring (bicyclic) bond motifs is 1. The molecule has 2 heterocycles. The van der Waals surface area contributed by atoms with Gasteiger partial charge in [0.25, 0.3) is 5.91 Å². The molecule has 2 N–H and O–H groups in total. The molecule has 0 bridgehead atoms. The van der Waals surface area contributed by atoms with E-state index in [0.717, 1.165) is 5.56 Å². The van der Waals surface area contributed by atoms with Gasteiger partial charge in [-0.2, -0.15) is 0 Å². The van der Waals surface area contributed by atoms with Crippen LogP contribution in [-0.4, -0.2) is 39.2 Å². The molecule has 26 heavy (non-hydrogen) atoms. The maximum absolute atomic E-state index is 13.2. The number of amides is 1. The highest BCUT2D eigenvalue weighted by molar-refractivity contribution is 6.03.